The van der Waals surface area contributed by atoms with Crippen LogP contribution in [0.3, 0.4) is 0 Å². The lowest BCUT2D eigenvalue weighted by Gasteiger charge is -2.36. The topological polar surface area (TPSA) is 137 Å². The fourth-order valence-electron chi connectivity index (χ4n) is 6.32. The van der Waals surface area contributed by atoms with Gasteiger partial charge in [-0.3, -0.25) is 14.6 Å². The molecule has 0 bridgehead atoms. The lowest BCUT2D eigenvalue weighted by Crippen LogP contribution is -2.48. The van der Waals surface area contributed by atoms with Gasteiger partial charge in [-0.05, 0) is 89.4 Å². The third-order valence-corrected chi connectivity index (χ3v) is 9.66. The van der Waals surface area contributed by atoms with E-state index >= 15 is 4.39 Å². The van der Waals surface area contributed by atoms with Crippen molar-refractivity contribution in [2.75, 3.05) is 50.1 Å². The number of nitrogens with two attached hydrogens (primary N) is 1. The fourth-order valence-corrected chi connectivity index (χ4v) is 6.32. The molecule has 1 aliphatic carbocycles. The number of rotatable bonds is 11. The number of ether oxygens (including phenoxy) is 4. The van der Waals surface area contributed by atoms with Gasteiger partial charge in [0.25, 0.3) is 0 Å². The molecule has 1 aromatic heterocycles. The molecule has 3 aromatic carbocycles. The molecule has 0 radical (unpaired) electrons. The summed E-state index contributed by atoms with van der Waals surface area (Å²) in [6, 6.07) is 14.9. The first-order valence-corrected chi connectivity index (χ1v) is 17.1. The van der Waals surface area contributed by atoms with Crippen LogP contribution in [0.1, 0.15) is 44.6 Å². The van der Waals surface area contributed by atoms with E-state index in [0.717, 1.165) is 44.5 Å². The fraction of sp³-hybridized carbons (Fsp3) is 0.395. The van der Waals surface area contributed by atoms with Gasteiger partial charge in [0, 0.05) is 41.8 Å². The van der Waals surface area contributed by atoms with Crippen LogP contribution in [0.5, 0.6) is 28.7 Å². The average Bonchev–Trinajstić information content (AvgIpc) is 3.92. The van der Waals surface area contributed by atoms with Gasteiger partial charge in [-0.25, -0.2) is 4.39 Å². The average molecular weight is 684 g/mol. The van der Waals surface area contributed by atoms with E-state index < -0.39 is 17.1 Å². The van der Waals surface area contributed by atoms with Crippen molar-refractivity contribution < 1.29 is 32.9 Å². The van der Waals surface area contributed by atoms with Crippen LogP contribution in [0.2, 0.25) is 0 Å². The highest BCUT2D eigenvalue weighted by Crippen LogP contribution is 2.49. The highest BCUT2D eigenvalue weighted by Gasteiger charge is 2.56. The second kappa shape index (κ2) is 13.8. The zero-order chi connectivity index (χ0) is 34.9. The van der Waals surface area contributed by atoms with Crippen LogP contribution in [0.15, 0.2) is 60.8 Å². The minimum absolute atomic E-state index is 0.0628. The van der Waals surface area contributed by atoms with Gasteiger partial charge in [0.05, 0.1) is 17.5 Å². The van der Waals surface area contributed by atoms with Crippen molar-refractivity contribution in [1.82, 2.24) is 9.88 Å². The Morgan fingerprint density at radius 2 is 1.58 bits per heavy atom. The smallest absolute Gasteiger partial charge is 0.240 e. The predicted molar refractivity (Wildman–Crippen MR) is 188 cm³/mol. The van der Waals surface area contributed by atoms with Gasteiger partial charge in [0.2, 0.25) is 17.6 Å². The highest BCUT2D eigenvalue weighted by molar-refractivity contribution is 6.17. The van der Waals surface area contributed by atoms with E-state index in [9.17, 15) is 9.59 Å². The number of carbonyl (C=O) groups excluding carboxylic acids is 2. The molecule has 0 spiro atoms. The summed E-state index contributed by atoms with van der Waals surface area (Å²) in [6.07, 6.45) is 5.18. The molecule has 3 aliphatic rings. The minimum atomic E-state index is -1.20. The van der Waals surface area contributed by atoms with Crippen molar-refractivity contribution in [3.05, 3.63) is 72.2 Å². The number of benzene rings is 3. The molecular formula is C38H42FN5O6. The summed E-state index contributed by atoms with van der Waals surface area (Å²) >= 11 is 0. The molecule has 2 aliphatic heterocycles. The number of anilines is 2. The summed E-state index contributed by atoms with van der Waals surface area (Å²) in [5, 5.41) is 6.06. The van der Waals surface area contributed by atoms with Crippen molar-refractivity contribution in [1.29, 1.82) is 0 Å². The largest absolute Gasteiger partial charge is 0.489 e. The van der Waals surface area contributed by atoms with Gasteiger partial charge in [-0.2, -0.15) is 0 Å². The third kappa shape index (κ3) is 7.17. The van der Waals surface area contributed by atoms with E-state index in [0.29, 0.717) is 72.3 Å². The number of likely N-dealkylation sites (tertiary alicyclic amines) is 1. The maximum Gasteiger partial charge on any atom is 0.240 e. The normalized spacial score (nSPS) is 17.5. The van der Waals surface area contributed by atoms with Crippen LogP contribution >= 0.6 is 0 Å². The van der Waals surface area contributed by atoms with E-state index in [1.165, 1.54) is 18.2 Å². The highest BCUT2D eigenvalue weighted by atomic mass is 19.1. The zero-order valence-corrected chi connectivity index (χ0v) is 28.4. The molecule has 3 heterocycles. The quantitative estimate of drug-likeness (QED) is 0.125. The number of aryl methyl sites for hydroxylation is 1. The van der Waals surface area contributed by atoms with Crippen LogP contribution in [-0.4, -0.2) is 66.7 Å². The molecule has 1 saturated carbocycles. The van der Waals surface area contributed by atoms with Gasteiger partial charge < -0.3 is 40.2 Å². The van der Waals surface area contributed by atoms with Crippen molar-refractivity contribution >= 4 is 34.1 Å². The SMILES string of the molecule is Cc1ccc(NC(=O)C2(C(=O)Nc3ccc(Oc4ccnc5cc(OCCCN6CCC(C)(N)CC6)c6c(c45)OCCO6)c(F)c3)CC2)cc1. The lowest BCUT2D eigenvalue weighted by molar-refractivity contribution is -0.131. The maximum absolute atomic E-state index is 15.5. The molecule has 11 nitrogen and oxygen atoms in total. The standard InChI is InChI=1S/C38H42FN5O6/c1-24-4-6-25(7-5-24)42-35(45)38(11-12-38)36(46)43-26-8-9-29(27(39)22-26)50-30-10-15-41-28-23-31(33-34(32(28)30)49-21-20-48-33)47-19-3-16-44-17-13-37(2,40)14-18-44/h4-10,15,22-23H,3,11-14,16-21,40H2,1-2H3,(H,42,45)(H,43,46). The van der Waals surface area contributed by atoms with Crippen LogP contribution in [0.4, 0.5) is 15.8 Å². The van der Waals surface area contributed by atoms with Crippen LogP contribution in [0, 0.1) is 18.2 Å². The Bertz CT molecular complexity index is 1900. The number of hydrogen-bond acceptors (Lipinski definition) is 9. The summed E-state index contributed by atoms with van der Waals surface area (Å²) in [4.78, 5) is 33.1. The summed E-state index contributed by atoms with van der Waals surface area (Å²) in [5.74, 6) is 0.0976. The lowest BCUT2D eigenvalue weighted by atomic mass is 9.91. The van der Waals surface area contributed by atoms with Crippen LogP contribution in [-0.2, 0) is 9.59 Å². The first kappa shape index (κ1) is 33.6. The molecule has 2 fully saturated rings. The number of piperidine rings is 1. The molecule has 262 valence electrons. The van der Waals surface area contributed by atoms with E-state index in [1.807, 2.05) is 19.1 Å². The van der Waals surface area contributed by atoms with Gasteiger partial charge >= 0.3 is 0 Å². The Hall–Kier alpha value is -4.94. The van der Waals surface area contributed by atoms with E-state index in [2.05, 4.69) is 27.4 Å². The Labute approximate surface area is 290 Å². The van der Waals surface area contributed by atoms with Crippen molar-refractivity contribution in [3.63, 3.8) is 0 Å². The summed E-state index contributed by atoms with van der Waals surface area (Å²) in [5.41, 5.74) is 7.42. The molecule has 4 N–H and O–H groups in total. The van der Waals surface area contributed by atoms with Gasteiger partial charge in [-0.15, -0.1) is 0 Å². The summed E-state index contributed by atoms with van der Waals surface area (Å²) < 4.78 is 39.8. The first-order valence-electron chi connectivity index (χ1n) is 17.1. The van der Waals surface area contributed by atoms with E-state index in [-0.39, 0.29) is 22.9 Å². The summed E-state index contributed by atoms with van der Waals surface area (Å²) in [7, 11) is 0. The molecule has 7 rings (SSSR count). The number of nitrogens with one attached hydrogen (secondary N) is 2. The number of halogens is 1. The molecule has 1 saturated heterocycles. The second-order valence-electron chi connectivity index (χ2n) is 13.7. The van der Waals surface area contributed by atoms with Crippen molar-refractivity contribution in [2.24, 2.45) is 11.1 Å². The number of fused-ring (bicyclic) bond motifs is 3. The number of pyridine rings is 1. The van der Waals surface area contributed by atoms with Gasteiger partial charge in [-0.1, -0.05) is 17.7 Å². The number of hydrogen-bond donors (Lipinski definition) is 3. The van der Waals surface area contributed by atoms with Gasteiger partial charge in [0.1, 0.15) is 24.4 Å². The first-order chi connectivity index (χ1) is 24.1. The molecule has 50 heavy (non-hydrogen) atoms. The predicted octanol–water partition coefficient (Wildman–Crippen LogP) is 6.19. The third-order valence-electron chi connectivity index (χ3n) is 9.66. The Morgan fingerprint density at radius 3 is 2.28 bits per heavy atom. The molecule has 4 aromatic rings. The monoisotopic (exact) mass is 683 g/mol. The Kier molecular flexibility index (Phi) is 9.23. The second-order valence-corrected chi connectivity index (χ2v) is 13.7. The van der Waals surface area contributed by atoms with E-state index in [4.69, 9.17) is 24.7 Å². The Balaban J connectivity index is 1.02. The molecule has 12 heteroatoms. The molecule has 2 amide bonds. The molecular weight excluding hydrogens is 641 g/mol. The number of aromatic nitrogens is 1. The number of carbonyl (C=O) groups is 2. The maximum atomic E-state index is 15.5. The molecule has 0 atom stereocenters. The summed E-state index contributed by atoms with van der Waals surface area (Å²) in [6.45, 7) is 8.10. The number of amides is 2. The minimum Gasteiger partial charge on any atom is -0.489 e. The van der Waals surface area contributed by atoms with Crippen molar-refractivity contribution in [2.45, 2.75) is 51.5 Å². The zero-order valence-electron chi connectivity index (χ0n) is 28.4. The number of nitrogens with zero attached hydrogens (tertiary/aromatic N) is 2. The molecule has 0 unspecified atom stereocenters. The Morgan fingerprint density at radius 1 is 0.900 bits per heavy atom. The van der Waals surface area contributed by atoms with Crippen LogP contribution < -0.4 is 35.3 Å². The van der Waals surface area contributed by atoms with E-state index in [1.54, 1.807) is 30.5 Å². The van der Waals surface area contributed by atoms with Crippen LogP contribution in [0.25, 0.3) is 10.9 Å². The van der Waals surface area contributed by atoms with Gasteiger partial charge in [0.15, 0.2) is 23.1 Å². The van der Waals surface area contributed by atoms with Crippen molar-refractivity contribution in [3.8, 4) is 28.7 Å².